The first-order chi connectivity index (χ1) is 10.7. The summed E-state index contributed by atoms with van der Waals surface area (Å²) < 4.78 is 5.49. The molecule has 112 valence electrons. The van der Waals surface area contributed by atoms with E-state index in [0.717, 1.165) is 47.4 Å². The summed E-state index contributed by atoms with van der Waals surface area (Å²) in [5, 5.41) is 9.58. The predicted octanol–water partition coefficient (Wildman–Crippen LogP) is 3.34. The van der Waals surface area contributed by atoms with E-state index in [-0.39, 0.29) is 0 Å². The average molecular weight is 293 g/mol. The molecule has 0 aliphatic heterocycles. The second-order valence-corrected chi connectivity index (χ2v) is 5.83. The summed E-state index contributed by atoms with van der Waals surface area (Å²) in [7, 11) is 1.64. The van der Waals surface area contributed by atoms with Crippen LogP contribution in [0.25, 0.3) is 11.1 Å². The molecule has 22 heavy (non-hydrogen) atoms. The molecule has 1 aliphatic carbocycles. The number of fused-ring (bicyclic) bond motifs is 1. The fourth-order valence-corrected chi connectivity index (χ4v) is 3.21. The van der Waals surface area contributed by atoms with Gasteiger partial charge in [0.05, 0.1) is 7.11 Å². The summed E-state index contributed by atoms with van der Waals surface area (Å²) in [5.41, 5.74) is 10.5. The van der Waals surface area contributed by atoms with Crippen molar-refractivity contribution in [1.82, 2.24) is 4.98 Å². The minimum atomic E-state index is 0.316. The first-order valence-electron chi connectivity index (χ1n) is 7.50. The van der Waals surface area contributed by atoms with Gasteiger partial charge in [-0.15, -0.1) is 0 Å². The lowest BCUT2D eigenvalue weighted by atomic mass is 9.82. The van der Waals surface area contributed by atoms with Crippen LogP contribution in [0.5, 0.6) is 5.75 Å². The van der Waals surface area contributed by atoms with Gasteiger partial charge in [-0.25, -0.2) is 4.98 Å². The van der Waals surface area contributed by atoms with E-state index in [4.69, 9.17) is 10.5 Å². The molecule has 2 N–H and O–H groups in total. The molecular weight excluding hydrogens is 274 g/mol. The van der Waals surface area contributed by atoms with Crippen molar-refractivity contribution in [2.24, 2.45) is 5.92 Å². The highest BCUT2D eigenvalue weighted by molar-refractivity contribution is 5.82. The molecule has 1 heterocycles. The largest absolute Gasteiger partial charge is 0.496 e. The summed E-state index contributed by atoms with van der Waals surface area (Å²) in [6.45, 7) is 2.23. The van der Waals surface area contributed by atoms with Gasteiger partial charge >= 0.3 is 0 Å². The van der Waals surface area contributed by atoms with Crippen molar-refractivity contribution in [3.05, 3.63) is 41.1 Å². The van der Waals surface area contributed by atoms with Crippen molar-refractivity contribution in [3.8, 4) is 22.9 Å². The summed E-state index contributed by atoms with van der Waals surface area (Å²) in [6, 6.07) is 10.0. The van der Waals surface area contributed by atoms with Gasteiger partial charge in [-0.05, 0) is 36.8 Å². The van der Waals surface area contributed by atoms with Crippen LogP contribution in [0.3, 0.4) is 0 Å². The average Bonchev–Trinajstić information content (AvgIpc) is 2.54. The molecule has 2 aromatic rings. The Labute approximate surface area is 130 Å². The van der Waals surface area contributed by atoms with Crippen LogP contribution in [0.2, 0.25) is 0 Å². The number of aryl methyl sites for hydroxylation is 1. The van der Waals surface area contributed by atoms with Gasteiger partial charge in [0.15, 0.2) is 0 Å². The van der Waals surface area contributed by atoms with Gasteiger partial charge in [0, 0.05) is 16.8 Å². The number of hydrogen-bond donors (Lipinski definition) is 1. The van der Waals surface area contributed by atoms with Crippen LogP contribution in [-0.2, 0) is 12.8 Å². The third kappa shape index (κ3) is 2.29. The molecule has 3 rings (SSSR count). The zero-order valence-corrected chi connectivity index (χ0v) is 12.9. The number of hydrogen-bond acceptors (Lipinski definition) is 4. The number of methoxy groups -OCH3 is 1. The van der Waals surface area contributed by atoms with E-state index in [1.807, 2.05) is 24.3 Å². The van der Waals surface area contributed by atoms with E-state index in [1.54, 1.807) is 7.11 Å². The maximum Gasteiger partial charge on any atom is 0.142 e. The Balaban J connectivity index is 2.34. The molecule has 0 amide bonds. The molecule has 0 fully saturated rings. The van der Waals surface area contributed by atoms with Crippen LogP contribution in [0, 0.1) is 17.2 Å². The number of nitrogens with zero attached hydrogens (tertiary/aromatic N) is 2. The van der Waals surface area contributed by atoms with Gasteiger partial charge in [-0.3, -0.25) is 0 Å². The number of anilines is 1. The molecule has 1 unspecified atom stereocenters. The van der Waals surface area contributed by atoms with E-state index in [0.29, 0.717) is 17.3 Å². The summed E-state index contributed by atoms with van der Waals surface area (Å²) in [5.74, 6) is 1.65. The van der Waals surface area contributed by atoms with Crippen molar-refractivity contribution >= 4 is 5.82 Å². The quantitative estimate of drug-likeness (QED) is 0.921. The molecule has 1 aromatic heterocycles. The summed E-state index contributed by atoms with van der Waals surface area (Å²) >= 11 is 0. The maximum absolute atomic E-state index is 9.58. The molecule has 1 aliphatic rings. The Hall–Kier alpha value is -2.54. The number of nitrogen functional groups attached to an aromatic ring is 1. The van der Waals surface area contributed by atoms with Crippen LogP contribution < -0.4 is 10.5 Å². The van der Waals surface area contributed by atoms with E-state index in [9.17, 15) is 5.26 Å². The van der Waals surface area contributed by atoms with E-state index >= 15 is 0 Å². The van der Waals surface area contributed by atoms with Gasteiger partial charge in [0.2, 0.25) is 0 Å². The van der Waals surface area contributed by atoms with Crippen molar-refractivity contribution in [3.63, 3.8) is 0 Å². The van der Waals surface area contributed by atoms with E-state index in [2.05, 4.69) is 18.0 Å². The number of nitrogens with two attached hydrogens (primary N) is 1. The lowest BCUT2D eigenvalue weighted by molar-refractivity contribution is 0.416. The zero-order valence-electron chi connectivity index (χ0n) is 12.9. The molecule has 4 heteroatoms. The molecule has 0 spiro atoms. The third-order valence-corrected chi connectivity index (χ3v) is 4.33. The fraction of sp³-hybridized carbons (Fsp3) is 0.333. The topological polar surface area (TPSA) is 71.9 Å². The van der Waals surface area contributed by atoms with E-state index in [1.165, 1.54) is 0 Å². The van der Waals surface area contributed by atoms with Gasteiger partial charge in [-0.2, -0.15) is 5.26 Å². The van der Waals surface area contributed by atoms with Crippen molar-refractivity contribution < 1.29 is 4.74 Å². The van der Waals surface area contributed by atoms with Crippen molar-refractivity contribution in [2.75, 3.05) is 12.8 Å². The first-order valence-corrected chi connectivity index (χ1v) is 7.50. The van der Waals surface area contributed by atoms with Gasteiger partial charge in [0.1, 0.15) is 23.2 Å². The molecule has 1 aromatic carbocycles. The van der Waals surface area contributed by atoms with Crippen LogP contribution in [0.15, 0.2) is 24.3 Å². The molecule has 0 saturated carbocycles. The van der Waals surface area contributed by atoms with Crippen LogP contribution in [0.4, 0.5) is 5.82 Å². The number of pyridine rings is 1. The number of benzene rings is 1. The minimum absolute atomic E-state index is 0.316. The first kappa shape index (κ1) is 14.4. The number of ether oxygens (including phenoxy) is 1. The number of rotatable bonds is 2. The van der Waals surface area contributed by atoms with Crippen LogP contribution in [-0.4, -0.2) is 12.1 Å². The second kappa shape index (κ2) is 5.69. The Bertz CT molecular complexity index is 762. The standard InChI is InChI=1S/C18H19N3O/c1-11-7-8-15-13(9-11)17(14(10-19)18(20)21-15)12-5-3-4-6-16(12)22-2/h3-6,11H,7-9H2,1-2H3,(H2,20,21). The lowest BCUT2D eigenvalue weighted by Crippen LogP contribution is -2.17. The number of nitriles is 1. The van der Waals surface area contributed by atoms with Crippen molar-refractivity contribution in [2.45, 2.75) is 26.2 Å². The normalized spacial score (nSPS) is 16.7. The third-order valence-electron chi connectivity index (χ3n) is 4.33. The maximum atomic E-state index is 9.58. The second-order valence-electron chi connectivity index (χ2n) is 5.83. The smallest absolute Gasteiger partial charge is 0.142 e. The Morgan fingerprint density at radius 1 is 1.36 bits per heavy atom. The highest BCUT2D eigenvalue weighted by Crippen LogP contribution is 2.40. The van der Waals surface area contributed by atoms with Crippen LogP contribution in [0.1, 0.15) is 30.2 Å². The molecule has 4 nitrogen and oxygen atoms in total. The molecule has 0 radical (unpaired) electrons. The Morgan fingerprint density at radius 3 is 2.86 bits per heavy atom. The zero-order chi connectivity index (χ0) is 15.7. The highest BCUT2D eigenvalue weighted by Gasteiger charge is 2.25. The van der Waals surface area contributed by atoms with Gasteiger partial charge < -0.3 is 10.5 Å². The minimum Gasteiger partial charge on any atom is -0.496 e. The summed E-state index contributed by atoms with van der Waals surface area (Å²) in [4.78, 5) is 4.48. The fourth-order valence-electron chi connectivity index (χ4n) is 3.21. The highest BCUT2D eigenvalue weighted by atomic mass is 16.5. The molecule has 0 saturated heterocycles. The molecule has 1 atom stereocenters. The number of para-hydroxylation sites is 1. The Morgan fingerprint density at radius 2 is 2.14 bits per heavy atom. The SMILES string of the molecule is COc1ccccc1-c1c(C#N)c(N)nc2c1CC(C)CC2. The molecule has 0 bridgehead atoms. The lowest BCUT2D eigenvalue weighted by Gasteiger charge is -2.25. The molecular formula is C18H19N3O. The van der Waals surface area contributed by atoms with Crippen LogP contribution >= 0.6 is 0 Å². The van der Waals surface area contributed by atoms with Crippen molar-refractivity contribution in [1.29, 1.82) is 5.26 Å². The predicted molar refractivity (Wildman–Crippen MR) is 86.5 cm³/mol. The summed E-state index contributed by atoms with van der Waals surface area (Å²) in [6.07, 6.45) is 2.94. The van der Waals surface area contributed by atoms with Gasteiger partial charge in [0.25, 0.3) is 0 Å². The Kier molecular flexibility index (Phi) is 3.72. The van der Waals surface area contributed by atoms with Gasteiger partial charge in [-0.1, -0.05) is 25.1 Å². The number of aromatic nitrogens is 1. The monoisotopic (exact) mass is 293 g/mol. The van der Waals surface area contributed by atoms with E-state index < -0.39 is 0 Å².